The maximum absolute atomic E-state index is 5.93. The molecule has 1 saturated heterocycles. The minimum absolute atomic E-state index is 0.447. The average molecular weight is 325 g/mol. The highest BCUT2D eigenvalue weighted by molar-refractivity contribution is 9.10. The lowest BCUT2D eigenvalue weighted by molar-refractivity contribution is -0.0911. The fourth-order valence-electron chi connectivity index (χ4n) is 3.31. The number of rotatable bonds is 2. The summed E-state index contributed by atoms with van der Waals surface area (Å²) in [5.74, 6) is 0. The summed E-state index contributed by atoms with van der Waals surface area (Å²) in [6, 6.07) is 6.66. The van der Waals surface area contributed by atoms with Crippen LogP contribution in [0.2, 0.25) is 0 Å². The van der Waals surface area contributed by atoms with E-state index in [1.165, 1.54) is 31.2 Å². The summed E-state index contributed by atoms with van der Waals surface area (Å²) < 4.78 is 7.08. The molecule has 0 aromatic heterocycles. The summed E-state index contributed by atoms with van der Waals surface area (Å²) in [5.41, 5.74) is 8.02. The third-order valence-corrected chi connectivity index (χ3v) is 5.06. The number of morpholine rings is 1. The Morgan fingerprint density at radius 3 is 3.05 bits per heavy atom. The van der Waals surface area contributed by atoms with Crippen LogP contribution < -0.4 is 5.73 Å². The molecule has 0 bridgehead atoms. The lowest BCUT2D eigenvalue weighted by atomic mass is 9.90. The highest BCUT2D eigenvalue weighted by Crippen LogP contribution is 2.31. The van der Waals surface area contributed by atoms with Gasteiger partial charge in [0, 0.05) is 29.3 Å². The molecule has 1 aromatic rings. The Labute approximate surface area is 123 Å². The molecule has 19 heavy (non-hydrogen) atoms. The standard InChI is InChI=1S/C15H21BrN2O/c16-13-6-5-12(17)9-11(13)10-18-7-8-19-15-4-2-1-3-14(15)18/h5-6,9,14-15H,1-4,7-8,10,17H2. The van der Waals surface area contributed by atoms with Gasteiger partial charge in [-0.05, 0) is 36.6 Å². The van der Waals surface area contributed by atoms with E-state index in [0.717, 1.165) is 29.9 Å². The fourth-order valence-corrected chi connectivity index (χ4v) is 3.68. The Bertz CT molecular complexity index is 450. The van der Waals surface area contributed by atoms with Crippen molar-refractivity contribution in [2.45, 2.75) is 44.4 Å². The van der Waals surface area contributed by atoms with E-state index >= 15 is 0 Å². The molecule has 1 aliphatic carbocycles. The Morgan fingerprint density at radius 1 is 1.32 bits per heavy atom. The second-order valence-electron chi connectivity index (χ2n) is 5.58. The molecule has 2 atom stereocenters. The second-order valence-corrected chi connectivity index (χ2v) is 6.44. The maximum atomic E-state index is 5.93. The Balaban J connectivity index is 1.75. The highest BCUT2D eigenvalue weighted by Gasteiger charge is 2.34. The van der Waals surface area contributed by atoms with Gasteiger partial charge in [-0.15, -0.1) is 0 Å². The van der Waals surface area contributed by atoms with Crippen molar-refractivity contribution in [1.29, 1.82) is 0 Å². The number of hydrogen-bond acceptors (Lipinski definition) is 3. The smallest absolute Gasteiger partial charge is 0.0731 e. The van der Waals surface area contributed by atoms with Crippen molar-refractivity contribution in [3.8, 4) is 0 Å². The van der Waals surface area contributed by atoms with Gasteiger partial charge in [0.1, 0.15) is 0 Å². The normalized spacial score (nSPS) is 28.1. The van der Waals surface area contributed by atoms with Gasteiger partial charge in [0.25, 0.3) is 0 Å². The number of nitrogens with zero attached hydrogens (tertiary/aromatic N) is 1. The van der Waals surface area contributed by atoms with Crippen LogP contribution in [0.15, 0.2) is 22.7 Å². The number of hydrogen-bond donors (Lipinski definition) is 1. The summed E-state index contributed by atoms with van der Waals surface area (Å²) in [4.78, 5) is 2.58. The second kappa shape index (κ2) is 5.81. The number of benzene rings is 1. The SMILES string of the molecule is Nc1ccc(Br)c(CN2CCOC3CCCCC32)c1. The molecule has 2 N–H and O–H groups in total. The van der Waals surface area contributed by atoms with Crippen molar-refractivity contribution >= 4 is 21.6 Å². The molecule has 1 heterocycles. The van der Waals surface area contributed by atoms with Gasteiger partial charge in [0.05, 0.1) is 12.7 Å². The molecule has 1 aliphatic heterocycles. The summed E-state index contributed by atoms with van der Waals surface area (Å²) in [6.07, 6.45) is 5.59. The molecule has 3 rings (SSSR count). The number of halogens is 1. The van der Waals surface area contributed by atoms with E-state index in [1.54, 1.807) is 0 Å². The average Bonchev–Trinajstić information content (AvgIpc) is 2.43. The minimum atomic E-state index is 0.447. The molecule has 0 amide bonds. The van der Waals surface area contributed by atoms with E-state index < -0.39 is 0 Å². The Hall–Kier alpha value is -0.580. The van der Waals surface area contributed by atoms with Crippen LogP contribution in [0, 0.1) is 0 Å². The monoisotopic (exact) mass is 324 g/mol. The van der Waals surface area contributed by atoms with E-state index in [0.29, 0.717) is 12.1 Å². The molecule has 0 radical (unpaired) electrons. The quantitative estimate of drug-likeness (QED) is 0.849. The van der Waals surface area contributed by atoms with Crippen LogP contribution in [-0.4, -0.2) is 30.2 Å². The van der Waals surface area contributed by atoms with Crippen LogP contribution >= 0.6 is 15.9 Å². The molecule has 0 spiro atoms. The summed E-state index contributed by atoms with van der Waals surface area (Å²) in [6.45, 7) is 2.86. The summed E-state index contributed by atoms with van der Waals surface area (Å²) in [5, 5.41) is 0. The minimum Gasteiger partial charge on any atom is -0.399 e. The van der Waals surface area contributed by atoms with Gasteiger partial charge in [-0.3, -0.25) is 4.90 Å². The van der Waals surface area contributed by atoms with E-state index in [2.05, 4.69) is 26.9 Å². The number of ether oxygens (including phenoxy) is 1. The van der Waals surface area contributed by atoms with Crippen molar-refractivity contribution in [2.24, 2.45) is 0 Å². The van der Waals surface area contributed by atoms with Gasteiger partial charge in [-0.1, -0.05) is 28.8 Å². The molecular formula is C15H21BrN2O. The van der Waals surface area contributed by atoms with Gasteiger partial charge in [-0.25, -0.2) is 0 Å². The lowest BCUT2D eigenvalue weighted by Gasteiger charge is -2.44. The van der Waals surface area contributed by atoms with Crippen LogP contribution in [0.25, 0.3) is 0 Å². The highest BCUT2D eigenvalue weighted by atomic mass is 79.9. The molecule has 104 valence electrons. The molecule has 3 nitrogen and oxygen atoms in total. The van der Waals surface area contributed by atoms with E-state index in [4.69, 9.17) is 10.5 Å². The van der Waals surface area contributed by atoms with Crippen LogP contribution in [0.4, 0.5) is 5.69 Å². The zero-order valence-corrected chi connectivity index (χ0v) is 12.7. The summed E-state index contributed by atoms with van der Waals surface area (Å²) in [7, 11) is 0. The van der Waals surface area contributed by atoms with Gasteiger partial charge in [-0.2, -0.15) is 0 Å². The zero-order chi connectivity index (χ0) is 13.2. The van der Waals surface area contributed by atoms with Crippen LogP contribution in [0.1, 0.15) is 31.2 Å². The predicted molar refractivity (Wildman–Crippen MR) is 81.0 cm³/mol. The third kappa shape index (κ3) is 2.96. The van der Waals surface area contributed by atoms with Crippen molar-refractivity contribution in [3.05, 3.63) is 28.2 Å². The van der Waals surface area contributed by atoms with Crippen LogP contribution in [-0.2, 0) is 11.3 Å². The van der Waals surface area contributed by atoms with Gasteiger partial charge in [0.15, 0.2) is 0 Å². The van der Waals surface area contributed by atoms with E-state index in [9.17, 15) is 0 Å². The summed E-state index contributed by atoms with van der Waals surface area (Å²) >= 11 is 3.63. The first kappa shape index (κ1) is 13.4. The van der Waals surface area contributed by atoms with Crippen molar-refractivity contribution in [1.82, 2.24) is 4.90 Å². The first-order valence-corrected chi connectivity index (χ1v) is 7.93. The van der Waals surface area contributed by atoms with Crippen molar-refractivity contribution in [2.75, 3.05) is 18.9 Å². The molecule has 4 heteroatoms. The molecule has 2 aliphatic rings. The topological polar surface area (TPSA) is 38.5 Å². The first-order valence-electron chi connectivity index (χ1n) is 7.13. The molecular weight excluding hydrogens is 304 g/mol. The number of anilines is 1. The Kier molecular flexibility index (Phi) is 4.10. The zero-order valence-electron chi connectivity index (χ0n) is 11.1. The largest absolute Gasteiger partial charge is 0.399 e. The van der Waals surface area contributed by atoms with Gasteiger partial charge < -0.3 is 10.5 Å². The van der Waals surface area contributed by atoms with Gasteiger partial charge >= 0.3 is 0 Å². The third-order valence-electron chi connectivity index (χ3n) is 4.29. The van der Waals surface area contributed by atoms with Crippen molar-refractivity contribution < 1.29 is 4.74 Å². The van der Waals surface area contributed by atoms with Crippen molar-refractivity contribution in [3.63, 3.8) is 0 Å². The van der Waals surface area contributed by atoms with E-state index in [-0.39, 0.29) is 0 Å². The van der Waals surface area contributed by atoms with Crippen LogP contribution in [0.5, 0.6) is 0 Å². The first-order chi connectivity index (χ1) is 9.24. The molecule has 1 aromatic carbocycles. The fraction of sp³-hybridized carbons (Fsp3) is 0.600. The number of nitrogens with two attached hydrogens (primary N) is 1. The van der Waals surface area contributed by atoms with Gasteiger partial charge in [0.2, 0.25) is 0 Å². The Morgan fingerprint density at radius 2 is 2.16 bits per heavy atom. The number of nitrogen functional groups attached to an aromatic ring is 1. The molecule has 1 saturated carbocycles. The van der Waals surface area contributed by atoms with E-state index in [1.807, 2.05) is 12.1 Å². The maximum Gasteiger partial charge on any atom is 0.0731 e. The molecule has 2 unspecified atom stereocenters. The predicted octanol–water partition coefficient (Wildman–Crippen LogP) is 3.17. The lowest BCUT2D eigenvalue weighted by Crippen LogP contribution is -2.52. The molecule has 2 fully saturated rings. The van der Waals surface area contributed by atoms with Crippen LogP contribution in [0.3, 0.4) is 0 Å². The number of fused-ring (bicyclic) bond motifs is 1.